The van der Waals surface area contributed by atoms with Crippen molar-refractivity contribution in [1.29, 1.82) is 0 Å². The van der Waals surface area contributed by atoms with Crippen LogP contribution < -0.4 is 10.2 Å². The number of nitrogens with zero attached hydrogens (tertiary/aromatic N) is 4. The first kappa shape index (κ1) is 18.1. The second kappa shape index (κ2) is 7.50. The Bertz CT molecular complexity index is 871. The molecule has 0 saturated carbocycles. The number of aromatic nitrogens is 3. The number of nitrogens with one attached hydrogen (secondary N) is 2. The zero-order chi connectivity index (χ0) is 19.8. The molecule has 4 atom stereocenters. The van der Waals surface area contributed by atoms with Crippen LogP contribution in [0.2, 0.25) is 0 Å². The van der Waals surface area contributed by atoms with E-state index in [0.29, 0.717) is 30.5 Å². The maximum Gasteiger partial charge on any atom is 0.267 e. The number of hydrogen-bond donors (Lipinski definition) is 2. The molecule has 2 bridgehead atoms. The molecule has 2 amide bonds. The van der Waals surface area contributed by atoms with E-state index in [9.17, 15) is 9.59 Å². The Kier molecular flexibility index (Phi) is 4.69. The summed E-state index contributed by atoms with van der Waals surface area (Å²) in [5.74, 6) is 1.75. The van der Waals surface area contributed by atoms with Gasteiger partial charge >= 0.3 is 0 Å². The molecule has 2 N–H and O–H groups in total. The van der Waals surface area contributed by atoms with Gasteiger partial charge in [0.05, 0.1) is 12.2 Å². The standard InChI is InChI=1S/C21H26N6O2/c28-20-5-1-4-17-14-9-15(13-26(12-14)19-11-22-7-8-24-19)18(27(17)20)10-25-21(29)16-3-2-6-23-16/h2-3,6-8,11,14-15,17-18,23H,1,4-5,9-10,12-13H2,(H,25,29)/t14-,15+,17+,18+/m1/s1. The van der Waals surface area contributed by atoms with E-state index in [-0.39, 0.29) is 23.9 Å². The molecule has 8 heteroatoms. The summed E-state index contributed by atoms with van der Waals surface area (Å²) in [7, 11) is 0. The first-order valence-electron chi connectivity index (χ1n) is 10.4. The number of anilines is 1. The van der Waals surface area contributed by atoms with Crippen molar-refractivity contribution in [3.8, 4) is 0 Å². The molecule has 0 spiro atoms. The number of H-pyrrole nitrogens is 1. The highest BCUT2D eigenvalue weighted by molar-refractivity contribution is 5.92. The summed E-state index contributed by atoms with van der Waals surface area (Å²) in [6, 6.07) is 3.84. The van der Waals surface area contributed by atoms with Crippen LogP contribution in [-0.4, -0.2) is 63.4 Å². The molecule has 152 valence electrons. The van der Waals surface area contributed by atoms with Crippen molar-refractivity contribution in [1.82, 2.24) is 25.2 Å². The van der Waals surface area contributed by atoms with Gasteiger partial charge in [0, 0.05) is 50.7 Å². The predicted octanol–water partition coefficient (Wildman–Crippen LogP) is 1.44. The molecule has 0 aromatic carbocycles. The van der Waals surface area contributed by atoms with Crippen LogP contribution in [-0.2, 0) is 4.79 Å². The highest BCUT2D eigenvalue weighted by Gasteiger charge is 2.49. The van der Waals surface area contributed by atoms with E-state index in [0.717, 1.165) is 38.2 Å². The molecule has 3 saturated heterocycles. The molecule has 8 nitrogen and oxygen atoms in total. The normalized spacial score (nSPS) is 28.8. The lowest BCUT2D eigenvalue weighted by Gasteiger charge is -2.56. The van der Waals surface area contributed by atoms with Crippen molar-refractivity contribution >= 4 is 17.6 Å². The Hall–Kier alpha value is -2.90. The van der Waals surface area contributed by atoms with Gasteiger partial charge in [0.1, 0.15) is 11.5 Å². The second-order valence-corrected chi connectivity index (χ2v) is 8.35. The lowest BCUT2D eigenvalue weighted by molar-refractivity contribution is -0.148. The van der Waals surface area contributed by atoms with Gasteiger partial charge in [-0.1, -0.05) is 0 Å². The summed E-state index contributed by atoms with van der Waals surface area (Å²) in [6.45, 7) is 2.21. The smallest absolute Gasteiger partial charge is 0.267 e. The summed E-state index contributed by atoms with van der Waals surface area (Å²) in [6.07, 6.45) is 10.7. The highest BCUT2D eigenvalue weighted by atomic mass is 16.2. The molecule has 2 aromatic rings. The van der Waals surface area contributed by atoms with Crippen molar-refractivity contribution in [3.05, 3.63) is 42.6 Å². The quantitative estimate of drug-likeness (QED) is 0.818. The number of carbonyl (C=O) groups excluding carboxylic acids is 2. The van der Waals surface area contributed by atoms with E-state index >= 15 is 0 Å². The van der Waals surface area contributed by atoms with E-state index in [1.807, 2.05) is 12.3 Å². The largest absolute Gasteiger partial charge is 0.357 e. The third kappa shape index (κ3) is 3.36. The zero-order valence-corrected chi connectivity index (χ0v) is 16.3. The van der Waals surface area contributed by atoms with Gasteiger partial charge in [-0.3, -0.25) is 14.6 Å². The van der Waals surface area contributed by atoms with E-state index in [4.69, 9.17) is 0 Å². The maximum atomic E-state index is 12.9. The molecule has 5 heterocycles. The van der Waals surface area contributed by atoms with Gasteiger partial charge in [-0.2, -0.15) is 0 Å². The van der Waals surface area contributed by atoms with Crippen LogP contribution in [0.1, 0.15) is 36.2 Å². The molecule has 29 heavy (non-hydrogen) atoms. The van der Waals surface area contributed by atoms with Crippen LogP contribution in [0.15, 0.2) is 36.9 Å². The Balaban J connectivity index is 1.38. The minimum Gasteiger partial charge on any atom is -0.357 e. The van der Waals surface area contributed by atoms with Crippen molar-refractivity contribution in [3.63, 3.8) is 0 Å². The molecule has 0 radical (unpaired) electrons. The van der Waals surface area contributed by atoms with Crippen molar-refractivity contribution in [2.24, 2.45) is 11.8 Å². The van der Waals surface area contributed by atoms with Crippen molar-refractivity contribution in [2.75, 3.05) is 24.5 Å². The molecule has 3 fully saturated rings. The van der Waals surface area contributed by atoms with Gasteiger partial charge in [-0.05, 0) is 43.2 Å². The van der Waals surface area contributed by atoms with Crippen LogP contribution in [0.3, 0.4) is 0 Å². The number of fused-ring (bicyclic) bond motifs is 4. The molecule has 0 aliphatic carbocycles. The first-order valence-corrected chi connectivity index (χ1v) is 10.4. The van der Waals surface area contributed by atoms with Crippen LogP contribution >= 0.6 is 0 Å². The van der Waals surface area contributed by atoms with Gasteiger partial charge in [0.15, 0.2) is 0 Å². The van der Waals surface area contributed by atoms with Gasteiger partial charge < -0.3 is 20.1 Å². The summed E-state index contributed by atoms with van der Waals surface area (Å²) in [5.41, 5.74) is 0.546. The predicted molar refractivity (Wildman–Crippen MR) is 107 cm³/mol. The Morgan fingerprint density at radius 3 is 2.97 bits per heavy atom. The van der Waals surface area contributed by atoms with Gasteiger partial charge in [0.25, 0.3) is 5.91 Å². The SMILES string of the molecule is O=C(NC[C@H]1[C@H]2C[C@H](CN(c3cnccn3)C2)[C@@H]2CCCC(=O)N21)c1ccc[nH]1. The second-order valence-electron chi connectivity index (χ2n) is 8.35. The van der Waals surface area contributed by atoms with E-state index in [1.54, 1.807) is 24.7 Å². The number of carbonyl (C=O) groups is 2. The lowest BCUT2D eigenvalue weighted by atomic mass is 9.72. The summed E-state index contributed by atoms with van der Waals surface area (Å²) < 4.78 is 0. The first-order chi connectivity index (χ1) is 14.2. The molecule has 3 aliphatic heterocycles. The molecule has 3 aliphatic rings. The minimum absolute atomic E-state index is 0.0161. The van der Waals surface area contributed by atoms with Gasteiger partial charge in [-0.15, -0.1) is 0 Å². The van der Waals surface area contributed by atoms with Crippen LogP contribution in [0, 0.1) is 11.8 Å². The Morgan fingerprint density at radius 2 is 2.17 bits per heavy atom. The third-order valence-corrected chi connectivity index (χ3v) is 6.68. The fourth-order valence-corrected chi connectivity index (χ4v) is 5.44. The topological polar surface area (TPSA) is 94.2 Å². The van der Waals surface area contributed by atoms with Crippen LogP contribution in [0.25, 0.3) is 0 Å². The molecule has 0 unspecified atom stereocenters. The number of rotatable bonds is 4. The van der Waals surface area contributed by atoms with Crippen LogP contribution in [0.4, 0.5) is 5.82 Å². The van der Waals surface area contributed by atoms with Crippen molar-refractivity contribution < 1.29 is 9.59 Å². The fraction of sp³-hybridized carbons (Fsp3) is 0.524. The monoisotopic (exact) mass is 394 g/mol. The summed E-state index contributed by atoms with van der Waals surface area (Å²) in [5, 5.41) is 3.06. The molecular formula is C21H26N6O2. The average Bonchev–Trinajstić information content (AvgIpc) is 3.29. The fourth-order valence-electron chi connectivity index (χ4n) is 5.44. The number of aromatic amines is 1. The summed E-state index contributed by atoms with van der Waals surface area (Å²) in [4.78, 5) is 41.4. The van der Waals surface area contributed by atoms with Crippen LogP contribution in [0.5, 0.6) is 0 Å². The summed E-state index contributed by atoms with van der Waals surface area (Å²) >= 11 is 0. The third-order valence-electron chi connectivity index (χ3n) is 6.68. The van der Waals surface area contributed by atoms with Gasteiger partial charge in [0.2, 0.25) is 5.91 Å². The van der Waals surface area contributed by atoms with E-state index < -0.39 is 0 Å². The van der Waals surface area contributed by atoms with E-state index in [1.165, 1.54) is 0 Å². The molecule has 2 aromatic heterocycles. The highest BCUT2D eigenvalue weighted by Crippen LogP contribution is 2.42. The number of hydrogen-bond acceptors (Lipinski definition) is 5. The zero-order valence-electron chi connectivity index (χ0n) is 16.3. The number of piperidine rings is 3. The van der Waals surface area contributed by atoms with E-state index in [2.05, 4.69) is 30.1 Å². The average molecular weight is 394 g/mol. The van der Waals surface area contributed by atoms with Gasteiger partial charge in [-0.25, -0.2) is 4.98 Å². The maximum absolute atomic E-state index is 12.9. The number of amides is 2. The molecule has 5 rings (SSSR count). The lowest BCUT2D eigenvalue weighted by Crippen LogP contribution is -2.67. The Labute approximate surface area is 169 Å². The van der Waals surface area contributed by atoms with Crippen molar-refractivity contribution in [2.45, 2.75) is 37.8 Å². The Morgan fingerprint density at radius 1 is 1.28 bits per heavy atom. The molecular weight excluding hydrogens is 368 g/mol. The minimum atomic E-state index is -0.125.